The van der Waals surface area contributed by atoms with E-state index in [1.165, 1.54) is 11.3 Å². The Hall–Kier alpha value is -1.32. The number of amides is 1. The van der Waals surface area contributed by atoms with Crippen molar-refractivity contribution in [1.82, 2.24) is 4.90 Å². The number of rotatable bonds is 4. The van der Waals surface area contributed by atoms with E-state index in [4.69, 9.17) is 11.6 Å². The first-order valence-corrected chi connectivity index (χ1v) is 7.03. The lowest BCUT2D eigenvalue weighted by Gasteiger charge is -2.20. The fourth-order valence-corrected chi connectivity index (χ4v) is 2.64. The van der Waals surface area contributed by atoms with Gasteiger partial charge in [0.1, 0.15) is 0 Å². The number of benzene rings is 1. The maximum atomic E-state index is 12.2. The molecule has 0 saturated carbocycles. The summed E-state index contributed by atoms with van der Waals surface area (Å²) in [5.74, 6) is 0.0764. The van der Waals surface area contributed by atoms with Gasteiger partial charge < -0.3 is 4.90 Å². The molecule has 94 valence electrons. The second-order valence-corrected chi connectivity index (χ2v) is 5.31. The third-order valence-corrected chi connectivity index (χ3v) is 3.76. The maximum absolute atomic E-state index is 12.2. The van der Waals surface area contributed by atoms with E-state index in [-0.39, 0.29) is 5.91 Å². The summed E-state index contributed by atoms with van der Waals surface area (Å²) in [7, 11) is 0. The number of carbonyl (C=O) groups is 1. The lowest BCUT2D eigenvalue weighted by molar-refractivity contribution is 0.0757. The zero-order chi connectivity index (χ0) is 13.0. The predicted octanol–water partition coefficient (Wildman–Crippen LogP) is 4.06. The number of carbonyl (C=O) groups excluding carboxylic acids is 1. The van der Waals surface area contributed by atoms with Crippen molar-refractivity contribution in [2.24, 2.45) is 0 Å². The van der Waals surface area contributed by atoms with Crippen molar-refractivity contribution >= 4 is 28.8 Å². The van der Waals surface area contributed by atoms with Crippen molar-refractivity contribution < 1.29 is 4.79 Å². The van der Waals surface area contributed by atoms with Crippen LogP contribution in [-0.2, 0) is 6.54 Å². The molecule has 0 unspecified atom stereocenters. The molecule has 0 bridgehead atoms. The molecule has 0 N–H and O–H groups in total. The lowest BCUT2D eigenvalue weighted by atomic mass is 10.2. The van der Waals surface area contributed by atoms with Gasteiger partial charge in [-0.15, -0.1) is 11.3 Å². The van der Waals surface area contributed by atoms with Crippen LogP contribution < -0.4 is 0 Å². The summed E-state index contributed by atoms with van der Waals surface area (Å²) in [5.41, 5.74) is 1.05. The Balaban J connectivity index is 2.12. The second-order valence-electron chi connectivity index (χ2n) is 3.93. The first-order chi connectivity index (χ1) is 8.70. The van der Waals surface area contributed by atoms with Gasteiger partial charge in [-0.3, -0.25) is 4.79 Å². The van der Waals surface area contributed by atoms with Gasteiger partial charge in [0, 0.05) is 18.1 Å². The molecule has 0 aliphatic heterocycles. The first-order valence-electron chi connectivity index (χ1n) is 5.78. The van der Waals surface area contributed by atoms with Crippen molar-refractivity contribution in [1.29, 1.82) is 0 Å². The van der Waals surface area contributed by atoms with Gasteiger partial charge in [0.2, 0.25) is 0 Å². The van der Waals surface area contributed by atoms with Gasteiger partial charge in [-0.1, -0.05) is 29.8 Å². The van der Waals surface area contributed by atoms with Gasteiger partial charge in [-0.25, -0.2) is 0 Å². The Bertz CT molecular complexity index is 524. The molecule has 0 spiro atoms. The zero-order valence-corrected chi connectivity index (χ0v) is 11.7. The van der Waals surface area contributed by atoms with Crippen LogP contribution >= 0.6 is 22.9 Å². The molecule has 18 heavy (non-hydrogen) atoms. The number of nitrogens with zero attached hydrogens (tertiary/aromatic N) is 1. The van der Waals surface area contributed by atoms with Crippen LogP contribution in [0.1, 0.15) is 22.2 Å². The molecule has 1 aromatic heterocycles. The zero-order valence-electron chi connectivity index (χ0n) is 10.1. The summed E-state index contributed by atoms with van der Waals surface area (Å²) >= 11 is 7.42. The van der Waals surface area contributed by atoms with Gasteiger partial charge >= 0.3 is 0 Å². The largest absolute Gasteiger partial charge is 0.334 e. The quantitative estimate of drug-likeness (QED) is 0.826. The highest BCUT2D eigenvalue weighted by atomic mass is 35.5. The van der Waals surface area contributed by atoms with Crippen molar-refractivity contribution in [3.05, 3.63) is 57.2 Å². The van der Waals surface area contributed by atoms with Crippen LogP contribution in [0.15, 0.2) is 41.8 Å². The number of hydrogen-bond donors (Lipinski definition) is 0. The number of halogens is 1. The summed E-state index contributed by atoms with van der Waals surface area (Å²) in [6.07, 6.45) is 0. The normalized spacial score (nSPS) is 10.3. The third-order valence-electron chi connectivity index (χ3n) is 2.66. The van der Waals surface area contributed by atoms with Crippen molar-refractivity contribution in [2.75, 3.05) is 6.54 Å². The smallest absolute Gasteiger partial charge is 0.264 e. The van der Waals surface area contributed by atoms with Crippen LogP contribution in [0.2, 0.25) is 5.02 Å². The molecule has 4 heteroatoms. The van der Waals surface area contributed by atoms with Crippen LogP contribution in [-0.4, -0.2) is 17.4 Å². The summed E-state index contributed by atoms with van der Waals surface area (Å²) < 4.78 is 0. The predicted molar refractivity (Wildman–Crippen MR) is 76.2 cm³/mol. The molecule has 2 rings (SSSR count). The third kappa shape index (κ3) is 3.12. The molecule has 1 aromatic carbocycles. The Morgan fingerprint density at radius 3 is 2.78 bits per heavy atom. The van der Waals surface area contributed by atoms with Crippen molar-refractivity contribution in [2.45, 2.75) is 13.5 Å². The monoisotopic (exact) mass is 279 g/mol. The molecule has 1 heterocycles. The second kappa shape index (κ2) is 6.03. The highest BCUT2D eigenvalue weighted by Gasteiger charge is 2.15. The minimum absolute atomic E-state index is 0.0764. The molecular formula is C14H14ClNOS. The van der Waals surface area contributed by atoms with Gasteiger partial charge in [0.25, 0.3) is 5.91 Å². The summed E-state index contributed by atoms with van der Waals surface area (Å²) in [5, 5.41) is 2.62. The van der Waals surface area contributed by atoms with E-state index in [0.29, 0.717) is 18.1 Å². The Labute approximate surface area is 116 Å². The SMILES string of the molecule is CCN(Cc1cccc(Cl)c1)C(=O)c1cccs1. The van der Waals surface area contributed by atoms with Crippen molar-refractivity contribution in [3.63, 3.8) is 0 Å². The molecule has 0 saturated heterocycles. The molecule has 0 aliphatic rings. The highest BCUT2D eigenvalue weighted by Crippen LogP contribution is 2.16. The number of thiophene rings is 1. The van der Waals surface area contributed by atoms with E-state index >= 15 is 0 Å². The standard InChI is InChI=1S/C14H14ClNOS/c1-2-16(14(17)13-7-4-8-18-13)10-11-5-3-6-12(15)9-11/h3-9H,2,10H2,1H3. The molecule has 2 nitrogen and oxygen atoms in total. The summed E-state index contributed by atoms with van der Waals surface area (Å²) in [6, 6.07) is 11.4. The van der Waals surface area contributed by atoms with Crippen molar-refractivity contribution in [3.8, 4) is 0 Å². The van der Waals surface area contributed by atoms with Crippen LogP contribution in [0.4, 0.5) is 0 Å². The average Bonchev–Trinajstić information content (AvgIpc) is 2.89. The Morgan fingerprint density at radius 2 is 2.17 bits per heavy atom. The van der Waals surface area contributed by atoms with Crippen LogP contribution in [0.25, 0.3) is 0 Å². The van der Waals surface area contributed by atoms with Gasteiger partial charge in [-0.05, 0) is 36.1 Å². The van der Waals surface area contributed by atoms with E-state index in [0.717, 1.165) is 10.4 Å². The number of hydrogen-bond acceptors (Lipinski definition) is 2. The molecule has 0 atom stereocenters. The van der Waals surface area contributed by atoms with Crippen LogP contribution in [0, 0.1) is 0 Å². The molecule has 1 amide bonds. The highest BCUT2D eigenvalue weighted by molar-refractivity contribution is 7.12. The van der Waals surface area contributed by atoms with E-state index in [1.54, 1.807) is 0 Å². The fourth-order valence-electron chi connectivity index (χ4n) is 1.74. The van der Waals surface area contributed by atoms with E-state index in [1.807, 2.05) is 53.6 Å². The van der Waals surface area contributed by atoms with Crippen LogP contribution in [0.5, 0.6) is 0 Å². The maximum Gasteiger partial charge on any atom is 0.264 e. The molecule has 0 fully saturated rings. The van der Waals surface area contributed by atoms with E-state index in [9.17, 15) is 4.79 Å². The fraction of sp³-hybridized carbons (Fsp3) is 0.214. The van der Waals surface area contributed by atoms with Gasteiger partial charge in [0.05, 0.1) is 4.88 Å². The summed E-state index contributed by atoms with van der Waals surface area (Å²) in [4.78, 5) is 14.8. The molecule has 0 radical (unpaired) electrons. The van der Waals surface area contributed by atoms with Gasteiger partial charge in [0.15, 0.2) is 0 Å². The average molecular weight is 280 g/mol. The Morgan fingerprint density at radius 1 is 1.33 bits per heavy atom. The Kier molecular flexibility index (Phi) is 4.39. The molecular weight excluding hydrogens is 266 g/mol. The topological polar surface area (TPSA) is 20.3 Å². The lowest BCUT2D eigenvalue weighted by Crippen LogP contribution is -2.29. The van der Waals surface area contributed by atoms with Crippen LogP contribution in [0.3, 0.4) is 0 Å². The van der Waals surface area contributed by atoms with E-state index < -0.39 is 0 Å². The molecule has 0 aliphatic carbocycles. The van der Waals surface area contributed by atoms with Gasteiger partial charge in [-0.2, -0.15) is 0 Å². The minimum atomic E-state index is 0.0764. The summed E-state index contributed by atoms with van der Waals surface area (Å²) in [6.45, 7) is 3.26. The minimum Gasteiger partial charge on any atom is -0.334 e. The molecule has 2 aromatic rings. The first kappa shape index (κ1) is 13.1. The van der Waals surface area contributed by atoms with E-state index in [2.05, 4.69) is 0 Å².